The van der Waals surface area contributed by atoms with Crippen LogP contribution < -0.4 is 5.32 Å². The van der Waals surface area contributed by atoms with Crippen LogP contribution in [-0.4, -0.2) is 10.9 Å². The normalized spacial score (nSPS) is 9.69. The molecule has 0 heterocycles. The van der Waals surface area contributed by atoms with E-state index in [9.17, 15) is 0 Å². The molecule has 70 valence electrons. The molecule has 0 radical (unpaired) electrons. The van der Waals surface area contributed by atoms with Gasteiger partial charge in [-0.25, -0.2) is 0 Å². The fourth-order valence-corrected chi connectivity index (χ4v) is 2.22. The third-order valence-electron chi connectivity index (χ3n) is 1.52. The molecule has 0 bridgehead atoms. The number of thiocarbonyl (C=S) groups is 1. The zero-order valence-electron chi connectivity index (χ0n) is 7.83. The van der Waals surface area contributed by atoms with Crippen LogP contribution in [0.4, 0.5) is 0 Å². The van der Waals surface area contributed by atoms with E-state index in [-0.39, 0.29) is 0 Å². The van der Waals surface area contributed by atoms with Crippen LogP contribution in [0.5, 0.6) is 0 Å². The van der Waals surface area contributed by atoms with Crippen LogP contribution in [-0.2, 0) is 0 Å². The summed E-state index contributed by atoms with van der Waals surface area (Å²) in [4.78, 5) is 1.20. The topological polar surface area (TPSA) is 12.0 Å². The quantitative estimate of drug-likeness (QED) is 0.596. The average molecular weight is 211 g/mol. The number of rotatable bonds is 2. The maximum Gasteiger partial charge on any atom is 0.138 e. The highest BCUT2D eigenvalue weighted by Gasteiger charge is 1.98. The Bertz CT molecular complexity index is 297. The van der Waals surface area contributed by atoms with E-state index < -0.39 is 0 Å². The predicted octanol–water partition coefficient (Wildman–Crippen LogP) is 2.98. The zero-order chi connectivity index (χ0) is 9.68. The van der Waals surface area contributed by atoms with Gasteiger partial charge in [-0.2, -0.15) is 0 Å². The van der Waals surface area contributed by atoms with Crippen molar-refractivity contribution in [1.29, 1.82) is 0 Å². The molecule has 3 heteroatoms. The summed E-state index contributed by atoms with van der Waals surface area (Å²) in [6, 6.07) is 8.34. The predicted molar refractivity (Wildman–Crippen MR) is 63.3 cm³/mol. The molecule has 0 atom stereocenters. The molecule has 13 heavy (non-hydrogen) atoms. The summed E-state index contributed by atoms with van der Waals surface area (Å²) in [6.07, 6.45) is 0. The summed E-state index contributed by atoms with van der Waals surface area (Å²) < 4.78 is 0.841. The van der Waals surface area contributed by atoms with E-state index in [4.69, 9.17) is 12.2 Å². The molecule has 0 fully saturated rings. The lowest BCUT2D eigenvalue weighted by molar-refractivity contribution is 0.995. The Kier molecular flexibility index (Phi) is 4.25. The average Bonchev–Trinajstić information content (AvgIpc) is 2.04. The Hall–Kier alpha value is -0.540. The highest BCUT2D eigenvalue weighted by atomic mass is 32.2. The Morgan fingerprint density at radius 1 is 1.54 bits per heavy atom. The molecule has 1 aromatic carbocycles. The summed E-state index contributed by atoms with van der Waals surface area (Å²) >= 11 is 6.73. The molecular formula is C10H13NS2. The minimum atomic E-state index is 0.841. The van der Waals surface area contributed by atoms with Crippen LogP contribution in [0.15, 0.2) is 29.2 Å². The maximum atomic E-state index is 5.13. The number of aryl methyl sites for hydroxylation is 1. The minimum absolute atomic E-state index is 0.841. The van der Waals surface area contributed by atoms with E-state index in [1.807, 2.05) is 13.0 Å². The first-order chi connectivity index (χ1) is 6.22. The molecule has 0 aliphatic carbocycles. The third-order valence-corrected chi connectivity index (χ3v) is 2.73. The highest BCUT2D eigenvalue weighted by molar-refractivity contribution is 8.23. The van der Waals surface area contributed by atoms with Crippen molar-refractivity contribution in [3.05, 3.63) is 29.8 Å². The van der Waals surface area contributed by atoms with Crippen LogP contribution in [0.2, 0.25) is 0 Å². The van der Waals surface area contributed by atoms with E-state index in [0.717, 1.165) is 10.9 Å². The van der Waals surface area contributed by atoms with Gasteiger partial charge in [-0.15, -0.1) is 0 Å². The lowest BCUT2D eigenvalue weighted by Gasteiger charge is -2.04. The van der Waals surface area contributed by atoms with E-state index >= 15 is 0 Å². The SMILES string of the molecule is CCNC(=S)Sc1cccc(C)c1. The van der Waals surface area contributed by atoms with Crippen molar-refractivity contribution in [2.75, 3.05) is 6.54 Å². The van der Waals surface area contributed by atoms with E-state index in [2.05, 4.69) is 30.4 Å². The number of thioether (sulfide) groups is 1. The molecule has 0 aliphatic rings. The molecule has 1 aromatic rings. The van der Waals surface area contributed by atoms with Crippen molar-refractivity contribution in [2.45, 2.75) is 18.7 Å². The standard InChI is InChI=1S/C10H13NS2/c1-3-11-10(12)13-9-6-4-5-8(2)7-9/h4-7H,3H2,1-2H3,(H,11,12). The molecule has 1 nitrogen and oxygen atoms in total. The van der Waals surface area contributed by atoms with Crippen molar-refractivity contribution < 1.29 is 0 Å². The van der Waals surface area contributed by atoms with Gasteiger partial charge in [0.05, 0.1) is 0 Å². The second-order valence-electron chi connectivity index (χ2n) is 2.74. The second-order valence-corrected chi connectivity index (χ2v) is 4.49. The van der Waals surface area contributed by atoms with Crippen LogP contribution in [0.1, 0.15) is 12.5 Å². The second kappa shape index (κ2) is 5.25. The Morgan fingerprint density at radius 3 is 2.92 bits per heavy atom. The molecular weight excluding hydrogens is 198 g/mol. The van der Waals surface area contributed by atoms with Gasteiger partial charge in [0, 0.05) is 11.4 Å². The molecule has 0 amide bonds. The summed E-state index contributed by atoms with van der Waals surface area (Å²) in [6.45, 7) is 5.01. The molecule has 1 N–H and O–H groups in total. The summed E-state index contributed by atoms with van der Waals surface area (Å²) in [5.41, 5.74) is 1.27. The largest absolute Gasteiger partial charge is 0.371 e. The van der Waals surface area contributed by atoms with Gasteiger partial charge in [-0.3, -0.25) is 0 Å². The smallest absolute Gasteiger partial charge is 0.138 e. The number of hydrogen-bond acceptors (Lipinski definition) is 2. The van der Waals surface area contributed by atoms with Gasteiger partial charge in [0.15, 0.2) is 0 Å². The Labute approximate surface area is 88.9 Å². The molecule has 0 aromatic heterocycles. The van der Waals surface area contributed by atoms with E-state index in [1.54, 1.807) is 11.8 Å². The summed E-state index contributed by atoms with van der Waals surface area (Å²) in [7, 11) is 0. The first kappa shape index (κ1) is 10.5. The molecule has 0 unspecified atom stereocenters. The first-order valence-corrected chi connectivity index (χ1v) is 5.47. The van der Waals surface area contributed by atoms with Crippen LogP contribution in [0.3, 0.4) is 0 Å². The fourth-order valence-electron chi connectivity index (χ4n) is 0.966. The van der Waals surface area contributed by atoms with Gasteiger partial charge < -0.3 is 5.32 Å². The Morgan fingerprint density at radius 2 is 2.31 bits per heavy atom. The van der Waals surface area contributed by atoms with Crippen LogP contribution in [0, 0.1) is 6.92 Å². The summed E-state index contributed by atoms with van der Waals surface area (Å²) in [5.74, 6) is 0. The molecule has 0 spiro atoms. The highest BCUT2D eigenvalue weighted by Crippen LogP contribution is 2.19. The van der Waals surface area contributed by atoms with Crippen molar-refractivity contribution in [1.82, 2.24) is 5.32 Å². The van der Waals surface area contributed by atoms with Gasteiger partial charge in [0.25, 0.3) is 0 Å². The number of nitrogens with one attached hydrogen (secondary N) is 1. The van der Waals surface area contributed by atoms with E-state index in [1.165, 1.54) is 10.5 Å². The minimum Gasteiger partial charge on any atom is -0.371 e. The summed E-state index contributed by atoms with van der Waals surface area (Å²) in [5, 5.41) is 3.11. The zero-order valence-corrected chi connectivity index (χ0v) is 9.47. The van der Waals surface area contributed by atoms with Crippen molar-refractivity contribution in [3.63, 3.8) is 0 Å². The molecule has 0 saturated carbocycles. The van der Waals surface area contributed by atoms with Crippen molar-refractivity contribution in [2.24, 2.45) is 0 Å². The van der Waals surface area contributed by atoms with Crippen molar-refractivity contribution >= 4 is 28.3 Å². The van der Waals surface area contributed by atoms with Gasteiger partial charge in [0.1, 0.15) is 4.32 Å². The molecule has 0 aliphatic heterocycles. The Balaban J connectivity index is 2.58. The van der Waals surface area contributed by atoms with Gasteiger partial charge in [0.2, 0.25) is 0 Å². The third kappa shape index (κ3) is 3.79. The van der Waals surface area contributed by atoms with Crippen LogP contribution >= 0.6 is 24.0 Å². The fraction of sp³-hybridized carbons (Fsp3) is 0.300. The molecule has 1 rings (SSSR count). The lowest BCUT2D eigenvalue weighted by atomic mass is 10.2. The monoisotopic (exact) mass is 211 g/mol. The number of hydrogen-bond donors (Lipinski definition) is 1. The maximum absolute atomic E-state index is 5.13. The van der Waals surface area contributed by atoms with Gasteiger partial charge in [-0.05, 0) is 26.0 Å². The van der Waals surface area contributed by atoms with Gasteiger partial charge >= 0.3 is 0 Å². The van der Waals surface area contributed by atoms with Crippen LogP contribution in [0.25, 0.3) is 0 Å². The lowest BCUT2D eigenvalue weighted by Crippen LogP contribution is -2.16. The molecule has 0 saturated heterocycles. The first-order valence-electron chi connectivity index (χ1n) is 4.24. The van der Waals surface area contributed by atoms with Crippen molar-refractivity contribution in [3.8, 4) is 0 Å². The number of benzene rings is 1. The van der Waals surface area contributed by atoms with Gasteiger partial charge in [-0.1, -0.05) is 41.7 Å². The van der Waals surface area contributed by atoms with E-state index in [0.29, 0.717) is 0 Å².